The lowest BCUT2D eigenvalue weighted by Gasteiger charge is -2.27. The SMILES string of the molecule is CN(CCN(C)CC(=O)OCCc1ccccc1)CCN(CC(=O)O)CC(=O)OCCc1ccc(CCCCCCCCCCCCCCCCCCOP(=O)([O-])OCC[N+](C)(C)C)cc1. The number of nitrogens with zero attached hydrogens (tertiary/aromatic N) is 4. The van der Waals surface area contributed by atoms with Crippen LogP contribution in [0.3, 0.4) is 0 Å². The molecule has 2 aromatic rings. The Balaban J connectivity index is 1.42. The maximum absolute atomic E-state index is 12.6. The maximum atomic E-state index is 12.6. The van der Waals surface area contributed by atoms with Gasteiger partial charge in [0.15, 0.2) is 0 Å². The zero-order valence-corrected chi connectivity index (χ0v) is 42.4. The maximum Gasteiger partial charge on any atom is 0.320 e. The standard InChI is InChI=1S/C51H87N4O10P/c1-52(34-35-53(2)44-50(58)62-40-32-46-25-22-20-23-26-46)36-37-54(43-49(56)57)45-51(59)63-41-33-48-30-28-47(29-31-48)27-21-18-16-14-12-10-8-6-7-9-11-13-15-17-19-24-39-64-66(60,61)65-42-38-55(3,4)5/h20,22-23,25-26,28-31H,6-19,21,24,27,32-45H2,1-5H3,(H-,56,57,60,61). The van der Waals surface area contributed by atoms with Crippen LogP contribution in [-0.4, -0.2) is 156 Å². The van der Waals surface area contributed by atoms with Crippen LogP contribution >= 0.6 is 7.82 Å². The largest absolute Gasteiger partial charge is 0.756 e. The van der Waals surface area contributed by atoms with Gasteiger partial charge in [-0.2, -0.15) is 0 Å². The molecule has 0 amide bonds. The van der Waals surface area contributed by atoms with E-state index in [0.717, 1.165) is 36.8 Å². The highest BCUT2D eigenvalue weighted by atomic mass is 31.2. The van der Waals surface area contributed by atoms with E-state index in [1.807, 2.05) is 75.4 Å². The molecule has 0 aliphatic rings. The summed E-state index contributed by atoms with van der Waals surface area (Å²) in [6.07, 6.45) is 21.8. The third kappa shape index (κ3) is 34.1. The van der Waals surface area contributed by atoms with E-state index < -0.39 is 19.8 Å². The summed E-state index contributed by atoms with van der Waals surface area (Å²) in [6.45, 7) is 3.63. The molecule has 2 aromatic carbocycles. The number of benzene rings is 2. The first-order valence-electron chi connectivity index (χ1n) is 24.7. The lowest BCUT2D eigenvalue weighted by molar-refractivity contribution is -0.870. The van der Waals surface area contributed by atoms with Crippen LogP contribution in [0.5, 0.6) is 0 Å². The summed E-state index contributed by atoms with van der Waals surface area (Å²) in [7, 11) is 5.57. The second-order valence-electron chi connectivity index (χ2n) is 18.9. The molecule has 14 nitrogen and oxygen atoms in total. The first-order chi connectivity index (χ1) is 31.6. The van der Waals surface area contributed by atoms with Gasteiger partial charge in [-0.3, -0.25) is 28.7 Å². The van der Waals surface area contributed by atoms with Crippen molar-refractivity contribution in [2.75, 3.05) is 114 Å². The van der Waals surface area contributed by atoms with E-state index >= 15 is 0 Å². The Hall–Kier alpha value is -3.20. The highest BCUT2D eigenvalue weighted by molar-refractivity contribution is 7.45. The van der Waals surface area contributed by atoms with Crippen LogP contribution in [0.25, 0.3) is 0 Å². The Morgan fingerprint density at radius 1 is 0.530 bits per heavy atom. The molecule has 0 radical (unpaired) electrons. The quantitative estimate of drug-likeness (QED) is 0.0298. The number of esters is 2. The fraction of sp³-hybridized carbons (Fsp3) is 0.706. The van der Waals surface area contributed by atoms with Crippen LogP contribution in [0, 0.1) is 0 Å². The third-order valence-corrected chi connectivity index (χ3v) is 12.6. The lowest BCUT2D eigenvalue weighted by Crippen LogP contribution is -2.41. The number of rotatable bonds is 42. The summed E-state index contributed by atoms with van der Waals surface area (Å²) >= 11 is 0. The average Bonchev–Trinajstić information content (AvgIpc) is 3.25. The van der Waals surface area contributed by atoms with Gasteiger partial charge >= 0.3 is 17.9 Å². The minimum atomic E-state index is -4.19. The Morgan fingerprint density at radius 3 is 1.47 bits per heavy atom. The number of aryl methyl sites for hydroxylation is 1. The van der Waals surface area contributed by atoms with Gasteiger partial charge in [-0.15, -0.1) is 0 Å². The zero-order valence-electron chi connectivity index (χ0n) is 41.5. The first kappa shape index (κ1) is 58.9. The van der Waals surface area contributed by atoms with Gasteiger partial charge < -0.3 is 37.9 Å². The molecule has 2 rings (SSSR count). The second-order valence-corrected chi connectivity index (χ2v) is 20.3. The Labute approximate surface area is 398 Å². The number of hydrogen-bond acceptors (Lipinski definition) is 12. The summed E-state index contributed by atoms with van der Waals surface area (Å²) in [4.78, 5) is 53.8. The number of aliphatic carboxylic acids is 1. The predicted octanol–water partition coefficient (Wildman–Crippen LogP) is 7.80. The smallest absolute Gasteiger partial charge is 0.320 e. The number of phosphoric acid groups is 1. The lowest BCUT2D eigenvalue weighted by atomic mass is 10.0. The fourth-order valence-electron chi connectivity index (χ4n) is 7.37. The van der Waals surface area contributed by atoms with Crippen molar-refractivity contribution in [3.63, 3.8) is 0 Å². The minimum Gasteiger partial charge on any atom is -0.756 e. The fourth-order valence-corrected chi connectivity index (χ4v) is 8.11. The molecule has 0 heterocycles. The van der Waals surface area contributed by atoms with Gasteiger partial charge in [0.25, 0.3) is 7.82 Å². The number of likely N-dealkylation sites (N-methyl/N-ethyl adjacent to an activating group) is 3. The molecule has 15 heteroatoms. The predicted molar refractivity (Wildman–Crippen MR) is 261 cm³/mol. The molecule has 0 aliphatic carbocycles. The van der Waals surface area contributed by atoms with Gasteiger partial charge in [0.2, 0.25) is 0 Å². The number of quaternary nitrogens is 1. The molecule has 66 heavy (non-hydrogen) atoms. The molecule has 0 aromatic heterocycles. The van der Waals surface area contributed by atoms with E-state index in [1.54, 1.807) is 4.90 Å². The zero-order chi connectivity index (χ0) is 48.3. The summed E-state index contributed by atoms with van der Waals surface area (Å²) in [5, 5.41) is 9.43. The number of carbonyl (C=O) groups excluding carboxylic acids is 2. The number of phosphoric ester groups is 1. The molecule has 1 unspecified atom stereocenters. The number of unbranched alkanes of at least 4 members (excludes halogenated alkanes) is 15. The van der Waals surface area contributed by atoms with Crippen molar-refractivity contribution < 1.29 is 52.0 Å². The molecular formula is C51H87N4O10P. The van der Waals surface area contributed by atoms with Crippen LogP contribution in [-0.2, 0) is 56.7 Å². The van der Waals surface area contributed by atoms with Crippen molar-refractivity contribution in [2.45, 2.75) is 122 Å². The van der Waals surface area contributed by atoms with Crippen molar-refractivity contribution in [3.05, 3.63) is 71.3 Å². The summed E-state index contributed by atoms with van der Waals surface area (Å²) in [6, 6.07) is 18.4. The van der Waals surface area contributed by atoms with E-state index in [9.17, 15) is 28.9 Å². The highest BCUT2D eigenvalue weighted by Gasteiger charge is 2.17. The molecule has 1 atom stereocenters. The number of carboxylic acid groups (broad SMARTS) is 1. The molecule has 0 saturated carbocycles. The molecule has 376 valence electrons. The molecule has 1 N–H and O–H groups in total. The van der Waals surface area contributed by atoms with Gasteiger partial charge in [0, 0.05) is 39.0 Å². The van der Waals surface area contributed by atoms with Crippen molar-refractivity contribution in [3.8, 4) is 0 Å². The Morgan fingerprint density at radius 2 is 0.955 bits per heavy atom. The molecule has 0 fully saturated rings. The minimum absolute atomic E-state index is 0.0931. The average molecular weight is 947 g/mol. The van der Waals surface area contributed by atoms with Gasteiger partial charge in [-0.25, -0.2) is 0 Å². The van der Waals surface area contributed by atoms with E-state index in [-0.39, 0.29) is 45.4 Å². The van der Waals surface area contributed by atoms with Crippen LogP contribution in [0.15, 0.2) is 54.6 Å². The number of ether oxygens (including phenoxy) is 2. The topological polar surface area (TPSA) is 158 Å². The van der Waals surface area contributed by atoms with Gasteiger partial charge in [0.05, 0.1) is 60.6 Å². The first-order valence-corrected chi connectivity index (χ1v) is 26.2. The summed E-state index contributed by atoms with van der Waals surface area (Å²) in [5.74, 6) is -1.70. The van der Waals surface area contributed by atoms with Crippen LogP contribution < -0.4 is 4.89 Å². The molecule has 0 spiro atoms. The number of hydrogen-bond donors (Lipinski definition) is 1. The second kappa shape index (κ2) is 35.9. The number of carboxylic acids is 1. The Kier molecular flexibility index (Phi) is 32.0. The highest BCUT2D eigenvalue weighted by Crippen LogP contribution is 2.38. The molecule has 0 saturated heterocycles. The van der Waals surface area contributed by atoms with E-state index in [4.69, 9.17) is 18.5 Å². The normalized spacial score (nSPS) is 12.8. The van der Waals surface area contributed by atoms with Gasteiger partial charge in [-0.05, 0) is 50.0 Å². The van der Waals surface area contributed by atoms with Gasteiger partial charge in [0.1, 0.15) is 13.2 Å². The van der Waals surface area contributed by atoms with Crippen LogP contribution in [0.1, 0.15) is 119 Å². The molecule has 0 aliphatic heterocycles. The van der Waals surface area contributed by atoms with Crippen molar-refractivity contribution in [1.29, 1.82) is 0 Å². The van der Waals surface area contributed by atoms with Crippen LogP contribution in [0.4, 0.5) is 0 Å². The Bertz CT molecular complexity index is 1610. The van der Waals surface area contributed by atoms with E-state index in [2.05, 4.69) is 24.3 Å². The van der Waals surface area contributed by atoms with E-state index in [1.165, 1.54) is 89.0 Å². The van der Waals surface area contributed by atoms with E-state index in [0.29, 0.717) is 56.7 Å². The van der Waals surface area contributed by atoms with Crippen molar-refractivity contribution >= 4 is 25.7 Å². The molecular weight excluding hydrogens is 860 g/mol. The number of carbonyl (C=O) groups is 3. The van der Waals surface area contributed by atoms with Crippen LogP contribution in [0.2, 0.25) is 0 Å². The monoisotopic (exact) mass is 947 g/mol. The summed E-state index contributed by atoms with van der Waals surface area (Å²) in [5.41, 5.74) is 3.55. The summed E-state index contributed by atoms with van der Waals surface area (Å²) < 4.78 is 33.3. The van der Waals surface area contributed by atoms with Gasteiger partial charge in [-0.1, -0.05) is 144 Å². The van der Waals surface area contributed by atoms with Crippen molar-refractivity contribution in [1.82, 2.24) is 14.7 Å². The molecule has 0 bridgehead atoms. The van der Waals surface area contributed by atoms with Crippen molar-refractivity contribution in [2.24, 2.45) is 0 Å². The third-order valence-electron chi connectivity index (χ3n) is 11.6.